The molecule has 0 aliphatic heterocycles. The standard InChI is InChI=1S/C10H18O/c1-4-5-6-7-8-9-10(2,3)11/h4-5,8-9,11H,6-7H2,1-3H3. The Balaban J connectivity index is 3.45. The zero-order valence-corrected chi connectivity index (χ0v) is 7.67. The Morgan fingerprint density at radius 2 is 1.73 bits per heavy atom. The number of allylic oxidation sites excluding steroid dienone is 3. The zero-order valence-electron chi connectivity index (χ0n) is 7.67. The Labute approximate surface area is 69.4 Å². The van der Waals surface area contributed by atoms with Gasteiger partial charge in [0.05, 0.1) is 5.60 Å². The maximum absolute atomic E-state index is 9.27. The predicted molar refractivity (Wildman–Crippen MR) is 49.5 cm³/mol. The van der Waals surface area contributed by atoms with Gasteiger partial charge in [0.1, 0.15) is 0 Å². The Morgan fingerprint density at radius 3 is 2.18 bits per heavy atom. The van der Waals surface area contributed by atoms with Crippen molar-refractivity contribution in [1.29, 1.82) is 0 Å². The fourth-order valence-electron chi connectivity index (χ4n) is 0.731. The summed E-state index contributed by atoms with van der Waals surface area (Å²) in [6.45, 7) is 5.57. The molecule has 0 unspecified atom stereocenters. The van der Waals surface area contributed by atoms with Crippen molar-refractivity contribution >= 4 is 0 Å². The summed E-state index contributed by atoms with van der Waals surface area (Å²) >= 11 is 0. The van der Waals surface area contributed by atoms with E-state index >= 15 is 0 Å². The zero-order chi connectivity index (χ0) is 8.74. The Hall–Kier alpha value is -0.560. The minimum absolute atomic E-state index is 0.657. The van der Waals surface area contributed by atoms with Crippen LogP contribution >= 0.6 is 0 Å². The molecule has 0 atom stereocenters. The van der Waals surface area contributed by atoms with Crippen molar-refractivity contribution in [3.05, 3.63) is 24.3 Å². The van der Waals surface area contributed by atoms with E-state index in [2.05, 4.69) is 6.08 Å². The van der Waals surface area contributed by atoms with Gasteiger partial charge in [-0.05, 0) is 33.6 Å². The first kappa shape index (κ1) is 10.4. The molecule has 1 heteroatoms. The average molecular weight is 154 g/mol. The van der Waals surface area contributed by atoms with Gasteiger partial charge in [-0.2, -0.15) is 0 Å². The molecule has 0 radical (unpaired) electrons. The lowest BCUT2D eigenvalue weighted by Crippen LogP contribution is -2.13. The summed E-state index contributed by atoms with van der Waals surface area (Å²) in [5, 5.41) is 9.27. The first-order valence-corrected chi connectivity index (χ1v) is 4.07. The van der Waals surface area contributed by atoms with Gasteiger partial charge in [-0.15, -0.1) is 0 Å². The lowest BCUT2D eigenvalue weighted by Gasteiger charge is -2.09. The monoisotopic (exact) mass is 154 g/mol. The molecule has 0 aliphatic rings. The molecule has 0 aromatic heterocycles. The van der Waals surface area contributed by atoms with Gasteiger partial charge in [-0.25, -0.2) is 0 Å². The van der Waals surface area contributed by atoms with Gasteiger partial charge in [0.15, 0.2) is 0 Å². The highest BCUT2D eigenvalue weighted by Gasteiger charge is 2.04. The SMILES string of the molecule is CC=CCCC=CC(C)(C)O. The Kier molecular flexibility index (Phi) is 4.88. The molecule has 64 valence electrons. The summed E-state index contributed by atoms with van der Waals surface area (Å²) in [6, 6.07) is 0. The number of aliphatic hydroxyl groups is 1. The van der Waals surface area contributed by atoms with Gasteiger partial charge in [-0.1, -0.05) is 24.3 Å². The quantitative estimate of drug-likeness (QED) is 0.487. The van der Waals surface area contributed by atoms with Crippen molar-refractivity contribution in [2.24, 2.45) is 0 Å². The van der Waals surface area contributed by atoms with Crippen molar-refractivity contribution in [2.75, 3.05) is 0 Å². The van der Waals surface area contributed by atoms with Crippen LogP contribution in [0.4, 0.5) is 0 Å². The molecule has 0 aliphatic carbocycles. The summed E-state index contributed by atoms with van der Waals surface area (Å²) in [5.74, 6) is 0. The lowest BCUT2D eigenvalue weighted by molar-refractivity contribution is 0.133. The van der Waals surface area contributed by atoms with Crippen molar-refractivity contribution < 1.29 is 5.11 Å². The van der Waals surface area contributed by atoms with Crippen LogP contribution in [0.2, 0.25) is 0 Å². The number of rotatable bonds is 4. The molecule has 0 spiro atoms. The molecule has 0 rings (SSSR count). The number of unbranched alkanes of at least 4 members (excludes halogenated alkanes) is 1. The fourth-order valence-corrected chi connectivity index (χ4v) is 0.731. The van der Waals surface area contributed by atoms with Crippen LogP contribution in [0, 0.1) is 0 Å². The van der Waals surface area contributed by atoms with Gasteiger partial charge in [0.25, 0.3) is 0 Å². The Bertz CT molecular complexity index is 137. The molecule has 1 nitrogen and oxygen atoms in total. The summed E-state index contributed by atoms with van der Waals surface area (Å²) in [7, 11) is 0. The largest absolute Gasteiger partial charge is 0.386 e. The highest BCUT2D eigenvalue weighted by atomic mass is 16.3. The molecule has 1 N–H and O–H groups in total. The smallest absolute Gasteiger partial charge is 0.0771 e. The minimum Gasteiger partial charge on any atom is -0.386 e. The lowest BCUT2D eigenvalue weighted by atomic mass is 10.1. The second-order valence-corrected chi connectivity index (χ2v) is 3.20. The van der Waals surface area contributed by atoms with E-state index in [0.29, 0.717) is 0 Å². The number of hydrogen-bond acceptors (Lipinski definition) is 1. The molecule has 0 aromatic rings. The summed E-state index contributed by atoms with van der Waals surface area (Å²) in [4.78, 5) is 0. The highest BCUT2D eigenvalue weighted by Crippen LogP contribution is 2.04. The molecule has 0 amide bonds. The molecule has 0 aromatic carbocycles. The van der Waals surface area contributed by atoms with E-state index in [-0.39, 0.29) is 0 Å². The van der Waals surface area contributed by atoms with E-state index in [1.807, 2.05) is 25.2 Å². The third-order valence-corrected chi connectivity index (χ3v) is 1.26. The second kappa shape index (κ2) is 5.14. The third-order valence-electron chi connectivity index (χ3n) is 1.26. The van der Waals surface area contributed by atoms with Crippen LogP contribution in [0.3, 0.4) is 0 Å². The molecule has 0 saturated carbocycles. The third kappa shape index (κ3) is 9.44. The van der Waals surface area contributed by atoms with Gasteiger partial charge in [0.2, 0.25) is 0 Å². The van der Waals surface area contributed by atoms with Crippen LogP contribution in [-0.2, 0) is 0 Å². The normalized spacial score (nSPS) is 13.5. The maximum Gasteiger partial charge on any atom is 0.0771 e. The molecule has 11 heavy (non-hydrogen) atoms. The van der Waals surface area contributed by atoms with Crippen molar-refractivity contribution in [1.82, 2.24) is 0 Å². The van der Waals surface area contributed by atoms with Crippen LogP contribution in [0.25, 0.3) is 0 Å². The van der Waals surface area contributed by atoms with Crippen LogP contribution in [0.5, 0.6) is 0 Å². The minimum atomic E-state index is -0.657. The van der Waals surface area contributed by atoms with E-state index in [9.17, 15) is 5.11 Å². The van der Waals surface area contributed by atoms with Crippen LogP contribution in [0.1, 0.15) is 33.6 Å². The van der Waals surface area contributed by atoms with Gasteiger partial charge in [0, 0.05) is 0 Å². The van der Waals surface area contributed by atoms with E-state index in [4.69, 9.17) is 0 Å². The molecule has 0 fully saturated rings. The summed E-state index contributed by atoms with van der Waals surface area (Å²) in [6.07, 6.45) is 10.1. The van der Waals surface area contributed by atoms with Crippen LogP contribution in [-0.4, -0.2) is 10.7 Å². The molecule has 0 saturated heterocycles. The molecular formula is C10H18O. The molecular weight excluding hydrogens is 136 g/mol. The van der Waals surface area contributed by atoms with Gasteiger partial charge >= 0.3 is 0 Å². The maximum atomic E-state index is 9.27. The average Bonchev–Trinajstić information content (AvgIpc) is 1.85. The van der Waals surface area contributed by atoms with Crippen molar-refractivity contribution in [3.63, 3.8) is 0 Å². The highest BCUT2D eigenvalue weighted by molar-refractivity contribution is 4.96. The van der Waals surface area contributed by atoms with Crippen LogP contribution in [0.15, 0.2) is 24.3 Å². The topological polar surface area (TPSA) is 20.2 Å². The van der Waals surface area contributed by atoms with E-state index in [0.717, 1.165) is 12.8 Å². The van der Waals surface area contributed by atoms with Gasteiger partial charge < -0.3 is 5.11 Å². The van der Waals surface area contributed by atoms with Crippen molar-refractivity contribution in [2.45, 2.75) is 39.2 Å². The summed E-state index contributed by atoms with van der Waals surface area (Å²) < 4.78 is 0. The Morgan fingerprint density at radius 1 is 1.18 bits per heavy atom. The van der Waals surface area contributed by atoms with E-state index < -0.39 is 5.60 Å². The van der Waals surface area contributed by atoms with E-state index in [1.165, 1.54) is 0 Å². The summed E-state index contributed by atoms with van der Waals surface area (Å²) in [5.41, 5.74) is -0.657. The van der Waals surface area contributed by atoms with E-state index in [1.54, 1.807) is 13.8 Å². The number of hydrogen-bond donors (Lipinski definition) is 1. The first-order chi connectivity index (χ1) is 5.06. The van der Waals surface area contributed by atoms with Gasteiger partial charge in [-0.3, -0.25) is 0 Å². The predicted octanol–water partition coefficient (Wildman–Crippen LogP) is 2.67. The fraction of sp³-hybridized carbons (Fsp3) is 0.600. The second-order valence-electron chi connectivity index (χ2n) is 3.20. The first-order valence-electron chi connectivity index (χ1n) is 4.07. The van der Waals surface area contributed by atoms with Crippen molar-refractivity contribution in [3.8, 4) is 0 Å². The van der Waals surface area contributed by atoms with Crippen LogP contribution < -0.4 is 0 Å². The molecule has 0 bridgehead atoms. The molecule has 0 heterocycles.